The lowest BCUT2D eigenvalue weighted by atomic mass is 9.97. The van der Waals surface area contributed by atoms with Gasteiger partial charge in [-0.15, -0.1) is 10.2 Å². The minimum absolute atomic E-state index is 0.117. The van der Waals surface area contributed by atoms with Crippen molar-refractivity contribution >= 4 is 5.97 Å². The van der Waals surface area contributed by atoms with E-state index in [1.807, 2.05) is 18.2 Å². The van der Waals surface area contributed by atoms with Gasteiger partial charge in [0.25, 0.3) is 0 Å². The van der Waals surface area contributed by atoms with Gasteiger partial charge in [-0.3, -0.25) is 4.79 Å². The number of unbranched alkanes of at least 4 members (excludes halogenated alkanes) is 1. The number of carboxylic acid groups (broad SMARTS) is 1. The molecule has 0 fully saturated rings. The molecule has 1 aromatic carbocycles. The maximum absolute atomic E-state index is 10.4. The Balaban J connectivity index is 1.96. The first-order valence-corrected chi connectivity index (χ1v) is 7.29. The topological polar surface area (TPSA) is 76.2 Å². The summed E-state index contributed by atoms with van der Waals surface area (Å²) < 4.78 is 5.73. The molecule has 112 valence electrons. The zero-order chi connectivity index (χ0) is 15.1. The van der Waals surface area contributed by atoms with Gasteiger partial charge in [-0.2, -0.15) is 0 Å². The molecule has 1 atom stereocenters. The van der Waals surface area contributed by atoms with Crippen LogP contribution in [0, 0.1) is 0 Å². The van der Waals surface area contributed by atoms with Crippen molar-refractivity contribution in [2.24, 2.45) is 0 Å². The maximum atomic E-state index is 10.4. The highest BCUT2D eigenvalue weighted by molar-refractivity contribution is 5.66. The van der Waals surface area contributed by atoms with Gasteiger partial charge in [0, 0.05) is 12.8 Å². The molecule has 0 saturated heterocycles. The number of benzene rings is 1. The normalized spacial score (nSPS) is 12.2. The lowest BCUT2D eigenvalue weighted by Crippen LogP contribution is -1.99. The van der Waals surface area contributed by atoms with Gasteiger partial charge in [0.15, 0.2) is 0 Å². The Morgan fingerprint density at radius 3 is 2.67 bits per heavy atom. The van der Waals surface area contributed by atoms with Crippen LogP contribution in [0.2, 0.25) is 0 Å². The first-order chi connectivity index (χ1) is 10.2. The van der Waals surface area contributed by atoms with Crippen molar-refractivity contribution in [3.05, 3.63) is 47.7 Å². The van der Waals surface area contributed by atoms with Crippen LogP contribution in [-0.2, 0) is 11.2 Å². The minimum atomic E-state index is -0.767. The largest absolute Gasteiger partial charge is 0.481 e. The van der Waals surface area contributed by atoms with Crippen LogP contribution in [0.5, 0.6) is 0 Å². The van der Waals surface area contributed by atoms with E-state index in [1.165, 1.54) is 5.56 Å². The van der Waals surface area contributed by atoms with Crippen molar-refractivity contribution in [2.45, 2.75) is 44.9 Å². The number of hydrogen-bond acceptors (Lipinski definition) is 4. The highest BCUT2D eigenvalue weighted by Crippen LogP contribution is 2.26. The van der Waals surface area contributed by atoms with Crippen LogP contribution in [0.1, 0.15) is 55.9 Å². The van der Waals surface area contributed by atoms with Crippen LogP contribution in [0.25, 0.3) is 0 Å². The SMILES string of the molecule is CCC(c1ccccc1)c1nnc(CCCCC(=O)O)o1. The van der Waals surface area contributed by atoms with Gasteiger partial charge < -0.3 is 9.52 Å². The highest BCUT2D eigenvalue weighted by Gasteiger charge is 2.18. The summed E-state index contributed by atoms with van der Waals surface area (Å²) in [4.78, 5) is 10.4. The summed E-state index contributed by atoms with van der Waals surface area (Å²) in [6.45, 7) is 2.09. The first kappa shape index (κ1) is 15.2. The summed E-state index contributed by atoms with van der Waals surface area (Å²) >= 11 is 0. The van der Waals surface area contributed by atoms with Gasteiger partial charge in [-0.1, -0.05) is 37.3 Å². The zero-order valence-corrected chi connectivity index (χ0v) is 12.2. The zero-order valence-electron chi connectivity index (χ0n) is 12.2. The Kier molecular flexibility index (Phi) is 5.49. The molecule has 0 amide bonds. The summed E-state index contributed by atoms with van der Waals surface area (Å²) in [6.07, 6.45) is 3.08. The standard InChI is InChI=1S/C16H20N2O3/c1-2-13(12-8-4-3-5-9-12)16-18-17-14(21-16)10-6-7-11-15(19)20/h3-5,8-9,13H,2,6-7,10-11H2,1H3,(H,19,20). The summed E-state index contributed by atoms with van der Waals surface area (Å²) in [5, 5.41) is 16.8. The maximum Gasteiger partial charge on any atom is 0.303 e. The fraction of sp³-hybridized carbons (Fsp3) is 0.438. The Morgan fingerprint density at radius 2 is 2.00 bits per heavy atom. The van der Waals surface area contributed by atoms with Crippen LogP contribution in [-0.4, -0.2) is 21.3 Å². The van der Waals surface area contributed by atoms with E-state index in [0.717, 1.165) is 12.8 Å². The quantitative estimate of drug-likeness (QED) is 0.753. The minimum Gasteiger partial charge on any atom is -0.481 e. The number of carbonyl (C=O) groups is 1. The number of rotatable bonds is 8. The predicted molar refractivity (Wildman–Crippen MR) is 78.1 cm³/mol. The summed E-state index contributed by atoms with van der Waals surface area (Å²) in [7, 11) is 0. The van der Waals surface area contributed by atoms with Crippen LogP contribution in [0.3, 0.4) is 0 Å². The summed E-state index contributed by atoms with van der Waals surface area (Å²) in [6, 6.07) is 10.1. The molecular weight excluding hydrogens is 268 g/mol. The highest BCUT2D eigenvalue weighted by atomic mass is 16.4. The van der Waals surface area contributed by atoms with Gasteiger partial charge >= 0.3 is 5.97 Å². The van der Waals surface area contributed by atoms with Crippen molar-refractivity contribution in [3.63, 3.8) is 0 Å². The summed E-state index contributed by atoms with van der Waals surface area (Å²) in [5.41, 5.74) is 1.17. The molecular formula is C16H20N2O3. The number of aromatic nitrogens is 2. The fourth-order valence-corrected chi connectivity index (χ4v) is 2.30. The predicted octanol–water partition coefficient (Wildman–Crippen LogP) is 3.41. The number of nitrogens with zero attached hydrogens (tertiary/aromatic N) is 2. The van der Waals surface area contributed by atoms with Gasteiger partial charge in [0.2, 0.25) is 11.8 Å². The smallest absolute Gasteiger partial charge is 0.303 e. The molecule has 0 saturated carbocycles. The second-order valence-electron chi connectivity index (χ2n) is 5.01. The second kappa shape index (κ2) is 7.57. The van der Waals surface area contributed by atoms with E-state index >= 15 is 0 Å². The summed E-state index contributed by atoms with van der Waals surface area (Å²) in [5.74, 6) is 0.574. The molecule has 0 bridgehead atoms. The Hall–Kier alpha value is -2.17. The molecule has 5 nitrogen and oxygen atoms in total. The van der Waals surface area contributed by atoms with Crippen molar-refractivity contribution in [2.75, 3.05) is 0 Å². The molecule has 21 heavy (non-hydrogen) atoms. The van der Waals surface area contributed by atoms with Gasteiger partial charge in [-0.05, 0) is 24.8 Å². The molecule has 0 radical (unpaired) electrons. The van der Waals surface area contributed by atoms with E-state index in [2.05, 4.69) is 29.3 Å². The van der Waals surface area contributed by atoms with Crippen molar-refractivity contribution < 1.29 is 14.3 Å². The molecule has 0 aliphatic carbocycles. The van der Waals surface area contributed by atoms with Crippen LogP contribution >= 0.6 is 0 Å². The van der Waals surface area contributed by atoms with Crippen LogP contribution in [0.15, 0.2) is 34.7 Å². The third kappa shape index (κ3) is 4.41. The Labute approximate surface area is 124 Å². The van der Waals surface area contributed by atoms with E-state index < -0.39 is 5.97 Å². The third-order valence-corrected chi connectivity index (χ3v) is 3.42. The molecule has 0 aliphatic heterocycles. The van der Waals surface area contributed by atoms with Gasteiger partial charge in [0.05, 0.1) is 5.92 Å². The Morgan fingerprint density at radius 1 is 1.24 bits per heavy atom. The van der Waals surface area contributed by atoms with E-state index in [4.69, 9.17) is 9.52 Å². The molecule has 2 aromatic rings. The molecule has 1 N–H and O–H groups in total. The van der Waals surface area contributed by atoms with E-state index in [1.54, 1.807) is 0 Å². The molecule has 1 aromatic heterocycles. The number of aliphatic carboxylic acids is 1. The monoisotopic (exact) mass is 288 g/mol. The lowest BCUT2D eigenvalue weighted by molar-refractivity contribution is -0.137. The number of aryl methyl sites for hydroxylation is 1. The molecule has 2 rings (SSSR count). The second-order valence-corrected chi connectivity index (χ2v) is 5.01. The Bertz CT molecular complexity index is 566. The molecule has 0 aliphatic rings. The number of carboxylic acids is 1. The van der Waals surface area contributed by atoms with Crippen molar-refractivity contribution in [1.29, 1.82) is 0 Å². The average molecular weight is 288 g/mol. The van der Waals surface area contributed by atoms with E-state index in [-0.39, 0.29) is 12.3 Å². The van der Waals surface area contributed by atoms with E-state index in [0.29, 0.717) is 24.6 Å². The molecule has 1 heterocycles. The van der Waals surface area contributed by atoms with Crippen LogP contribution in [0.4, 0.5) is 0 Å². The number of hydrogen-bond donors (Lipinski definition) is 1. The van der Waals surface area contributed by atoms with Gasteiger partial charge in [0.1, 0.15) is 0 Å². The van der Waals surface area contributed by atoms with Crippen LogP contribution < -0.4 is 0 Å². The lowest BCUT2D eigenvalue weighted by Gasteiger charge is -2.10. The molecule has 5 heteroatoms. The van der Waals surface area contributed by atoms with E-state index in [9.17, 15) is 4.79 Å². The fourth-order valence-electron chi connectivity index (χ4n) is 2.30. The van der Waals surface area contributed by atoms with Gasteiger partial charge in [-0.25, -0.2) is 0 Å². The average Bonchev–Trinajstić information content (AvgIpc) is 2.94. The van der Waals surface area contributed by atoms with Crippen molar-refractivity contribution in [1.82, 2.24) is 10.2 Å². The molecule has 0 spiro atoms. The first-order valence-electron chi connectivity index (χ1n) is 7.29. The van der Waals surface area contributed by atoms with Crippen molar-refractivity contribution in [3.8, 4) is 0 Å². The molecule has 1 unspecified atom stereocenters. The third-order valence-electron chi connectivity index (χ3n) is 3.42.